The molecular weight excluding hydrogens is 424 g/mol. The number of halogens is 1. The van der Waals surface area contributed by atoms with Crippen LogP contribution in [0, 0.1) is 0 Å². The van der Waals surface area contributed by atoms with Crippen molar-refractivity contribution in [2.75, 3.05) is 17.7 Å². The van der Waals surface area contributed by atoms with E-state index in [1.54, 1.807) is 7.11 Å². The van der Waals surface area contributed by atoms with E-state index in [0.29, 0.717) is 22.2 Å². The molecule has 1 aliphatic heterocycles. The van der Waals surface area contributed by atoms with Gasteiger partial charge in [0.2, 0.25) is 5.95 Å². The Morgan fingerprint density at radius 2 is 1.78 bits per heavy atom. The molecule has 2 heterocycles. The van der Waals surface area contributed by atoms with Crippen molar-refractivity contribution in [3.05, 3.63) is 94.7 Å². The first-order chi connectivity index (χ1) is 15.6. The normalized spacial score (nSPS) is 15.3. The highest BCUT2D eigenvalue weighted by Crippen LogP contribution is 2.41. The number of amides is 1. The van der Waals surface area contributed by atoms with Gasteiger partial charge in [-0.05, 0) is 55.0 Å². The highest BCUT2D eigenvalue weighted by molar-refractivity contribution is 6.31. The molecule has 0 saturated carbocycles. The zero-order valence-electron chi connectivity index (χ0n) is 17.6. The van der Waals surface area contributed by atoms with Crippen LogP contribution >= 0.6 is 11.6 Å². The SMILES string of the molecule is COc1ccc(NC(=O)C2=C(C)Nc3nc4ccccc4n3[C@@H]2c2ccccc2Cl)cc1. The molecule has 1 atom stereocenters. The Bertz CT molecular complexity index is 1360. The molecule has 0 fully saturated rings. The Balaban J connectivity index is 1.64. The lowest BCUT2D eigenvalue weighted by Gasteiger charge is -2.31. The predicted molar refractivity (Wildman–Crippen MR) is 127 cm³/mol. The summed E-state index contributed by atoms with van der Waals surface area (Å²) in [7, 11) is 1.61. The number of para-hydroxylation sites is 2. The van der Waals surface area contributed by atoms with Crippen LogP contribution in [0.25, 0.3) is 11.0 Å². The molecule has 0 saturated heterocycles. The molecular formula is C25H21ClN4O2. The average molecular weight is 445 g/mol. The third-order valence-corrected chi connectivity index (χ3v) is 5.97. The van der Waals surface area contributed by atoms with Gasteiger partial charge in [-0.15, -0.1) is 0 Å². The van der Waals surface area contributed by atoms with Crippen LogP contribution in [0.3, 0.4) is 0 Å². The van der Waals surface area contributed by atoms with Gasteiger partial charge in [-0.1, -0.05) is 41.9 Å². The number of hydrogen-bond donors (Lipinski definition) is 2. The number of nitrogens with one attached hydrogen (secondary N) is 2. The standard InChI is InChI=1S/C25H21ClN4O2/c1-15-22(24(31)28-16-11-13-17(32-2)14-12-16)23(18-7-3-4-8-19(18)26)30-21-10-6-5-9-20(21)29-25(30)27-15/h3-14,23H,1-2H3,(H,27,29)(H,28,31)/t23-/m1/s1. The monoisotopic (exact) mass is 444 g/mol. The summed E-state index contributed by atoms with van der Waals surface area (Å²) < 4.78 is 7.24. The summed E-state index contributed by atoms with van der Waals surface area (Å²) in [6, 6.07) is 22.3. The number of allylic oxidation sites excluding steroid dienone is 1. The van der Waals surface area contributed by atoms with Gasteiger partial charge in [0, 0.05) is 16.4 Å². The molecule has 0 aliphatic carbocycles. The van der Waals surface area contributed by atoms with Crippen molar-refractivity contribution in [2.24, 2.45) is 0 Å². The van der Waals surface area contributed by atoms with E-state index in [2.05, 4.69) is 10.6 Å². The number of aromatic nitrogens is 2. The zero-order valence-corrected chi connectivity index (χ0v) is 18.4. The van der Waals surface area contributed by atoms with Crippen LogP contribution in [0.15, 0.2) is 84.1 Å². The first kappa shape index (κ1) is 20.2. The minimum absolute atomic E-state index is 0.214. The summed E-state index contributed by atoms with van der Waals surface area (Å²) in [5.41, 5.74) is 4.57. The van der Waals surface area contributed by atoms with E-state index in [1.165, 1.54) is 0 Å². The number of anilines is 2. The molecule has 5 rings (SSSR count). The number of hydrogen-bond acceptors (Lipinski definition) is 4. The number of ether oxygens (including phenoxy) is 1. The van der Waals surface area contributed by atoms with Gasteiger partial charge in [0.25, 0.3) is 5.91 Å². The second-order valence-corrected chi connectivity index (χ2v) is 7.97. The van der Waals surface area contributed by atoms with Crippen LogP contribution in [0.1, 0.15) is 18.5 Å². The Morgan fingerprint density at radius 1 is 1.06 bits per heavy atom. The van der Waals surface area contributed by atoms with Crippen molar-refractivity contribution < 1.29 is 9.53 Å². The van der Waals surface area contributed by atoms with Gasteiger partial charge in [0.05, 0.1) is 29.8 Å². The summed E-state index contributed by atoms with van der Waals surface area (Å²) in [4.78, 5) is 18.3. The largest absolute Gasteiger partial charge is 0.497 e. The van der Waals surface area contributed by atoms with Crippen LogP contribution in [-0.2, 0) is 4.79 Å². The van der Waals surface area contributed by atoms with Crippen molar-refractivity contribution in [2.45, 2.75) is 13.0 Å². The Hall–Kier alpha value is -3.77. The van der Waals surface area contributed by atoms with Gasteiger partial charge >= 0.3 is 0 Å². The fourth-order valence-corrected chi connectivity index (χ4v) is 4.36. The summed E-state index contributed by atoms with van der Waals surface area (Å²) in [6.45, 7) is 1.88. The fourth-order valence-electron chi connectivity index (χ4n) is 4.12. The molecule has 2 N–H and O–H groups in total. The van der Waals surface area contributed by atoms with Crippen LogP contribution in [-0.4, -0.2) is 22.6 Å². The number of carbonyl (C=O) groups excluding carboxylic acids is 1. The number of benzene rings is 3. The average Bonchev–Trinajstić information content (AvgIpc) is 3.17. The fraction of sp³-hybridized carbons (Fsp3) is 0.120. The second kappa shape index (κ2) is 8.05. The van der Waals surface area contributed by atoms with Gasteiger partial charge in [0.1, 0.15) is 5.75 Å². The number of rotatable bonds is 4. The van der Waals surface area contributed by atoms with Crippen LogP contribution < -0.4 is 15.4 Å². The zero-order chi connectivity index (χ0) is 22.2. The van der Waals surface area contributed by atoms with Gasteiger partial charge in [-0.25, -0.2) is 4.98 Å². The van der Waals surface area contributed by atoms with E-state index in [-0.39, 0.29) is 5.91 Å². The van der Waals surface area contributed by atoms with Crippen molar-refractivity contribution in [3.63, 3.8) is 0 Å². The molecule has 32 heavy (non-hydrogen) atoms. The second-order valence-electron chi connectivity index (χ2n) is 7.56. The highest BCUT2D eigenvalue weighted by atomic mass is 35.5. The lowest BCUT2D eigenvalue weighted by molar-refractivity contribution is -0.113. The van der Waals surface area contributed by atoms with Crippen LogP contribution in [0.2, 0.25) is 5.02 Å². The lowest BCUT2D eigenvalue weighted by atomic mass is 9.94. The number of imidazole rings is 1. The maximum Gasteiger partial charge on any atom is 0.255 e. The Kier molecular flexibility index (Phi) is 5.07. The van der Waals surface area contributed by atoms with Crippen molar-refractivity contribution >= 4 is 40.2 Å². The molecule has 1 amide bonds. The number of fused-ring (bicyclic) bond motifs is 3. The molecule has 1 aromatic heterocycles. The first-order valence-electron chi connectivity index (χ1n) is 10.2. The molecule has 3 aromatic carbocycles. The van der Waals surface area contributed by atoms with Crippen molar-refractivity contribution in [1.82, 2.24) is 9.55 Å². The molecule has 6 nitrogen and oxygen atoms in total. The summed E-state index contributed by atoms with van der Waals surface area (Å²) >= 11 is 6.63. The smallest absolute Gasteiger partial charge is 0.255 e. The van der Waals surface area contributed by atoms with Crippen LogP contribution in [0.5, 0.6) is 5.75 Å². The Labute approximate surface area is 190 Å². The van der Waals surface area contributed by atoms with E-state index < -0.39 is 6.04 Å². The van der Waals surface area contributed by atoms with E-state index in [1.807, 2.05) is 84.3 Å². The summed E-state index contributed by atoms with van der Waals surface area (Å²) in [5, 5.41) is 6.91. The van der Waals surface area contributed by atoms with Gasteiger partial charge in [0.15, 0.2) is 0 Å². The van der Waals surface area contributed by atoms with E-state index in [9.17, 15) is 4.79 Å². The Morgan fingerprint density at radius 3 is 2.53 bits per heavy atom. The molecule has 0 unspecified atom stereocenters. The molecule has 0 spiro atoms. The first-order valence-corrected chi connectivity index (χ1v) is 10.6. The highest BCUT2D eigenvalue weighted by Gasteiger charge is 2.35. The molecule has 4 aromatic rings. The van der Waals surface area contributed by atoms with Gasteiger partial charge in [-0.2, -0.15) is 0 Å². The number of carbonyl (C=O) groups is 1. The third kappa shape index (κ3) is 3.39. The van der Waals surface area contributed by atoms with Crippen LogP contribution in [0.4, 0.5) is 11.6 Å². The quantitative estimate of drug-likeness (QED) is 0.428. The lowest BCUT2D eigenvalue weighted by Crippen LogP contribution is -2.31. The minimum Gasteiger partial charge on any atom is -0.497 e. The predicted octanol–water partition coefficient (Wildman–Crippen LogP) is 5.63. The number of nitrogens with zero attached hydrogens (tertiary/aromatic N) is 2. The maximum absolute atomic E-state index is 13.6. The van der Waals surface area contributed by atoms with Gasteiger partial charge in [-0.3, -0.25) is 9.36 Å². The van der Waals surface area contributed by atoms with Crippen molar-refractivity contribution in [1.29, 1.82) is 0 Å². The molecule has 7 heteroatoms. The van der Waals surface area contributed by atoms with E-state index in [0.717, 1.165) is 28.0 Å². The topological polar surface area (TPSA) is 68.2 Å². The molecule has 160 valence electrons. The molecule has 1 aliphatic rings. The van der Waals surface area contributed by atoms with Crippen molar-refractivity contribution in [3.8, 4) is 5.75 Å². The number of methoxy groups -OCH3 is 1. The molecule has 0 radical (unpaired) electrons. The summed E-state index contributed by atoms with van der Waals surface area (Å²) in [5.74, 6) is 1.18. The third-order valence-electron chi connectivity index (χ3n) is 5.62. The summed E-state index contributed by atoms with van der Waals surface area (Å²) in [6.07, 6.45) is 0. The van der Waals surface area contributed by atoms with E-state index in [4.69, 9.17) is 21.3 Å². The van der Waals surface area contributed by atoms with Gasteiger partial charge < -0.3 is 15.4 Å². The molecule has 0 bridgehead atoms. The minimum atomic E-state index is -0.439. The maximum atomic E-state index is 13.6. The van der Waals surface area contributed by atoms with E-state index >= 15 is 0 Å².